The van der Waals surface area contributed by atoms with E-state index >= 15 is 0 Å². The number of rotatable bonds is 35. The van der Waals surface area contributed by atoms with Crippen molar-refractivity contribution in [2.24, 2.45) is 0 Å². The average Bonchev–Trinajstić information content (AvgIpc) is 1.65. The molecule has 6 saturated heterocycles. The van der Waals surface area contributed by atoms with Crippen molar-refractivity contribution in [3.8, 4) is 0 Å². The van der Waals surface area contributed by atoms with Crippen molar-refractivity contribution in [3.63, 3.8) is 0 Å². The molecule has 0 bridgehead atoms. The number of aromatic amines is 3. The number of hydrogen-bond acceptors (Lipinski definition) is 43. The molecule has 20 N–H and O–H groups in total. The number of anilines is 5. The molecule has 24 atom stereocenters. The fourth-order valence-corrected chi connectivity index (χ4v) is 24.1. The van der Waals surface area contributed by atoms with Gasteiger partial charge in [0, 0.05) is 86.2 Å². The second-order valence-electron chi connectivity index (χ2n) is 30.5. The summed E-state index contributed by atoms with van der Waals surface area (Å²) in [6, 6.07) is 3.87. The van der Waals surface area contributed by atoms with E-state index in [0.29, 0.717) is 5.56 Å². The van der Waals surface area contributed by atoms with Crippen LogP contribution in [0.1, 0.15) is 108 Å². The monoisotopic (exact) mass is 2010 g/mol. The summed E-state index contributed by atoms with van der Waals surface area (Å²) in [5.74, 6) is -0.737. The normalized spacial score (nSPS) is 29.3. The van der Waals surface area contributed by atoms with E-state index in [0.717, 1.165) is 24.3 Å². The molecule has 0 spiro atoms. The minimum Gasteiger partial charge on any atom is -0.399 e. The Labute approximate surface area is 744 Å². The number of nitrogens with zero attached hydrogens (tertiary/aromatic N) is 12. The molecule has 696 valence electrons. The Hall–Kier alpha value is -6.01. The molecule has 6 aliphatic rings. The lowest BCUT2D eigenvalue weighted by molar-refractivity contribution is -0.0576. The number of aliphatic hydroxyl groups excluding tert-OH is 1. The Morgan fingerprint density at radius 2 is 0.787 bits per heavy atom. The maximum Gasteiger partial charge on any atom is 0.351 e. The predicted octanol–water partition coefficient (Wildman–Crippen LogP) is -0.0661. The van der Waals surface area contributed by atoms with E-state index in [9.17, 15) is 68.0 Å². The number of aryl methyl sites for hydroxylation is 2. The highest BCUT2D eigenvalue weighted by Crippen LogP contribution is 2.58. The highest BCUT2D eigenvalue weighted by atomic mass is 32.5. The molecule has 6 fully saturated rings. The summed E-state index contributed by atoms with van der Waals surface area (Å²) in [4.78, 5) is 194. The number of ether oxygens (including phenoxy) is 6. The molecule has 8 aromatic heterocycles. The Morgan fingerprint density at radius 3 is 1.18 bits per heavy atom. The average molecular weight is 2010 g/mol. The van der Waals surface area contributed by atoms with Crippen molar-refractivity contribution in [1.82, 2.24) is 72.3 Å². The van der Waals surface area contributed by atoms with Crippen molar-refractivity contribution in [2.45, 2.75) is 189 Å². The van der Waals surface area contributed by atoms with Crippen molar-refractivity contribution in [2.75, 3.05) is 68.3 Å². The van der Waals surface area contributed by atoms with Gasteiger partial charge in [-0.2, -0.15) is 19.9 Å². The van der Waals surface area contributed by atoms with Gasteiger partial charge in [0.25, 0.3) is 22.2 Å². The van der Waals surface area contributed by atoms with E-state index in [1.807, 2.05) is 0 Å². The molecule has 0 aliphatic carbocycles. The highest BCUT2D eigenvalue weighted by Gasteiger charge is 2.51. The van der Waals surface area contributed by atoms with Crippen LogP contribution in [0.25, 0.3) is 22.3 Å². The highest BCUT2D eigenvalue weighted by molar-refractivity contribution is 8.08. The third kappa shape index (κ3) is 23.6. The van der Waals surface area contributed by atoms with Gasteiger partial charge in [-0.15, -0.1) is 0 Å². The summed E-state index contributed by atoms with van der Waals surface area (Å²) in [5, 5.41) is 10.4. The zero-order valence-corrected chi connectivity index (χ0v) is 77.1. The van der Waals surface area contributed by atoms with Crippen LogP contribution < -0.4 is 68.0 Å². The van der Waals surface area contributed by atoms with Crippen LogP contribution in [0.5, 0.6) is 0 Å². The first-order valence-corrected chi connectivity index (χ1v) is 53.5. The molecule has 6 aliphatic heterocycles. The van der Waals surface area contributed by atoms with Crippen LogP contribution in [0, 0.1) is 13.8 Å². The zero-order valence-electron chi connectivity index (χ0n) is 66.8. The molecule has 8 aromatic rings. The van der Waals surface area contributed by atoms with Crippen molar-refractivity contribution < 1.29 is 117 Å². The quantitative estimate of drug-likeness (QED) is 0.0231. The number of pyridine rings is 1. The Kier molecular flexibility index (Phi) is 29.4. The number of nitrogens with one attached hydrogen (secondary N) is 3. The summed E-state index contributed by atoms with van der Waals surface area (Å²) in [7, 11) is 0. The van der Waals surface area contributed by atoms with E-state index in [1.54, 1.807) is 27.7 Å². The Morgan fingerprint density at radius 1 is 0.441 bits per heavy atom. The van der Waals surface area contributed by atoms with Crippen LogP contribution in [0.3, 0.4) is 0 Å². The predicted molar refractivity (Wildman–Crippen MR) is 464 cm³/mol. The summed E-state index contributed by atoms with van der Waals surface area (Å²) in [5.41, 5.74) is 23.3. The molecule has 127 heavy (non-hydrogen) atoms. The number of nitrogen functional groups attached to an aromatic ring is 5. The van der Waals surface area contributed by atoms with E-state index < -0.39 is 235 Å². The van der Waals surface area contributed by atoms with Gasteiger partial charge in [0.1, 0.15) is 85.6 Å². The second-order valence-corrected chi connectivity index (χ2v) is 47.2. The molecule has 0 radical (unpaired) electrons. The van der Waals surface area contributed by atoms with Gasteiger partial charge in [0.05, 0.1) is 94.5 Å². The molecular formula is C63H86N20O32P6S6. The number of imidazole rings is 2. The SMILES string of the molecule is Cc1cn([C@H]2C[C@H](OP(O)(=S)OC[C@H]3O[C@@H](n4cnc5c(=O)[nH]c(N)nc54)C[C@@H]3OP(O)(=S)OC[C@H]3O[C@@H](n4ccc(N)cc4=O)C[C@@H]3OP(O)(=S)OC[C@H]3O[C@@H](n4ccc(N)nc4=O)C[C@@H]3OP(O)(=S)OC(C)(C)C)[C@@H](COP(O)(=S)O[C@H]3C[C@H](n4cc(C)c(=O)[nH]c4=O)O[C@@H]3COP(O)(=S)O[C@H]3C[C@H](n4cnc5c(=O)[nH]c(N)nc54)O[C@@H]3CO)O2)c(=O)nc1N. The van der Waals surface area contributed by atoms with Crippen molar-refractivity contribution in [3.05, 3.63) is 140 Å². The maximum absolute atomic E-state index is 13.6. The minimum atomic E-state index is -4.72. The first kappa shape index (κ1) is 97.0. The number of nitrogens with two attached hydrogens (primary N) is 5. The van der Waals surface area contributed by atoms with Gasteiger partial charge in [-0.05, 0) is 118 Å². The maximum atomic E-state index is 13.6. The molecular weight excluding hydrogens is 1930 g/mol. The third-order valence-corrected chi connectivity index (χ3v) is 29.9. The molecule has 14 rings (SSSR count). The summed E-state index contributed by atoms with van der Waals surface area (Å²) < 4.78 is 116. The van der Waals surface area contributed by atoms with Crippen molar-refractivity contribution >= 4 is 163 Å². The topological polar surface area (TPSA) is 712 Å². The van der Waals surface area contributed by atoms with Crippen LogP contribution in [-0.4, -0.2) is 225 Å². The summed E-state index contributed by atoms with van der Waals surface area (Å²) in [6.07, 6.45) is -17.3. The largest absolute Gasteiger partial charge is 0.399 e. The lowest BCUT2D eigenvalue weighted by Crippen LogP contribution is -2.33. The van der Waals surface area contributed by atoms with Crippen LogP contribution in [0.15, 0.2) is 89.2 Å². The first-order valence-electron chi connectivity index (χ1n) is 38.0. The van der Waals surface area contributed by atoms with Crippen LogP contribution in [0.2, 0.25) is 0 Å². The summed E-state index contributed by atoms with van der Waals surface area (Å²) in [6.45, 7) is -23.5. The van der Waals surface area contributed by atoms with E-state index in [1.165, 1.54) is 65.6 Å². The number of aromatic nitrogens is 15. The van der Waals surface area contributed by atoms with Gasteiger partial charge in [-0.3, -0.25) is 61.5 Å². The fraction of sp³-hybridized carbons (Fsp3) is 0.571. The number of H-pyrrole nitrogens is 3. The van der Waals surface area contributed by atoms with E-state index in [-0.39, 0.29) is 95.6 Å². The Balaban J connectivity index is 0.670. The molecule has 64 heteroatoms. The lowest BCUT2D eigenvalue weighted by Gasteiger charge is -2.29. The Bertz CT molecular complexity index is 6240. The van der Waals surface area contributed by atoms with Crippen LogP contribution >= 0.6 is 40.3 Å². The lowest BCUT2D eigenvalue weighted by atomic mass is 10.2. The minimum absolute atomic E-state index is 0.0364. The smallest absolute Gasteiger partial charge is 0.351 e. The molecule has 52 nitrogen and oxygen atoms in total. The number of hydrogen-bond donors (Lipinski definition) is 15. The van der Waals surface area contributed by atoms with Gasteiger partial charge in [-0.25, -0.2) is 24.4 Å². The number of aliphatic hydroxyl groups is 1. The third-order valence-electron chi connectivity index (χ3n) is 20.2. The van der Waals surface area contributed by atoms with Crippen molar-refractivity contribution in [1.29, 1.82) is 0 Å². The van der Waals surface area contributed by atoms with Gasteiger partial charge in [0.2, 0.25) is 11.9 Å². The molecule has 0 aromatic carbocycles. The zero-order chi connectivity index (χ0) is 91.7. The van der Waals surface area contributed by atoms with Crippen LogP contribution in [0.4, 0.5) is 29.2 Å². The van der Waals surface area contributed by atoms with E-state index in [4.69, 9.17) is 182 Å². The van der Waals surface area contributed by atoms with E-state index in [2.05, 4.69) is 44.9 Å². The van der Waals surface area contributed by atoms with Gasteiger partial charge >= 0.3 is 57.4 Å². The number of fused-ring (bicyclic) bond motifs is 2. The molecule has 0 saturated carbocycles. The molecule has 14 heterocycles. The molecule has 0 amide bonds. The van der Waals surface area contributed by atoms with Gasteiger partial charge in [-0.1, -0.05) is 0 Å². The standard InChI is InChI=1S/C63H86N20O32P6S6/c1-27-17-80(61(90)72-52(27)66)46-14-32(38(106-46)22-100-118(94,124)112-33-15-47(81-18-28(2)55(86)77-62(81)91)107-39(33)21-98-116(92,122)109-30-11-48(103-36(30)19-84)82-25-69-50-53(82)73-58(67)75-56(50)87)111-119(95,125)101-23-40-34(16-49(108-40)83-26-70-51-54(83)74-59(68)76-57(51)88)113-120(96,126)99-20-37-31(12-44(104-37)78-8-6-29(64)10-43(78)85)110-117(93,123)102-24-41-35(114-121(97,127)115-63(3,4)5)13-45(105-41)79-9-7-42(65)71-60(79)89/h6-10,17-18,25-26,30-41,44-49,84H,11-16,19-24,64H2,1-5H3,(H,92,122)(H,93,123)(H,94,124)(H,95,125)(H,96,126)(H,97,127)(H2,65,71,89)(H2,66,72,90)(H,77,86,91)(H3,67,73,75,87)(H3,68,74,76,88)/t30-,31-,32-,33-,34-,35-,36+,37+,38+,39+,40+,41+,44+,45+,46+,47+,48+,49+,116?,117?,118?,119?,120?,121?/m0/s1. The molecule has 6 unspecified atom stereocenters. The fourth-order valence-electron chi connectivity index (χ4n) is 14.5. The first-order chi connectivity index (χ1) is 59.5. The summed E-state index contributed by atoms with van der Waals surface area (Å²) >= 11 is 33.3. The van der Waals surface area contributed by atoms with Gasteiger partial charge < -0.3 is 146 Å². The second kappa shape index (κ2) is 38.5. The van der Waals surface area contributed by atoms with Gasteiger partial charge in [0.15, 0.2) is 22.3 Å². The van der Waals surface area contributed by atoms with Crippen LogP contribution in [-0.2, 0) is 154 Å².